The Labute approximate surface area is 202 Å². The Kier molecular flexibility index (Phi) is 11.0. The number of nitrogens with zero attached hydrogens (tertiary/aromatic N) is 3. The van der Waals surface area contributed by atoms with Gasteiger partial charge in [-0.1, -0.05) is 25.7 Å². The number of alkyl halides is 3. The highest BCUT2D eigenvalue weighted by atomic mass is 19.4. The third-order valence-electron chi connectivity index (χ3n) is 6.07. The molecule has 2 aliphatic rings. The minimum absolute atomic E-state index is 0.0236. The first-order valence-electron chi connectivity index (χ1n) is 11.7. The van der Waals surface area contributed by atoms with Gasteiger partial charge in [0.1, 0.15) is 0 Å². The first-order chi connectivity index (χ1) is 16.6. The number of carbonyl (C=O) groups excluding carboxylic acids is 2. The minimum atomic E-state index is -5.08. The highest BCUT2D eigenvalue weighted by Gasteiger charge is 2.38. The van der Waals surface area contributed by atoms with Gasteiger partial charge >= 0.3 is 12.1 Å². The number of hydrogen-bond acceptors (Lipinski definition) is 5. The number of piperazine rings is 1. The van der Waals surface area contributed by atoms with Crippen LogP contribution in [0.5, 0.6) is 0 Å². The fourth-order valence-corrected chi connectivity index (χ4v) is 4.16. The lowest BCUT2D eigenvalue weighted by atomic mass is 10.0. The molecule has 1 aromatic carbocycles. The number of benzene rings is 1. The first kappa shape index (κ1) is 28.1. The van der Waals surface area contributed by atoms with Crippen LogP contribution in [0.15, 0.2) is 24.3 Å². The highest BCUT2D eigenvalue weighted by Crippen LogP contribution is 2.24. The SMILES string of the molecule is N#Cc1ccc(C(=O)N(CCC(=O)N2CCNCC2)C2CCCCCC2)cc1.O=C(O)C(F)(F)F. The van der Waals surface area contributed by atoms with Crippen LogP contribution in [-0.4, -0.2) is 77.6 Å². The third kappa shape index (κ3) is 9.20. The van der Waals surface area contributed by atoms with E-state index in [1.807, 2.05) is 9.80 Å². The Hall–Kier alpha value is -3.13. The van der Waals surface area contributed by atoms with Crippen molar-refractivity contribution in [2.45, 2.75) is 57.2 Å². The standard InChI is InChI=1S/C22H30N4O2.C2HF3O2/c23-17-18-7-9-19(10-8-18)22(28)26(20-5-3-1-2-4-6-20)14-11-21(27)25-15-12-24-13-16-25;3-2(4,5)1(6)7/h7-10,20,24H,1-6,11-16H2;(H,6,7). The molecule has 192 valence electrons. The number of halogens is 3. The lowest BCUT2D eigenvalue weighted by Gasteiger charge is -2.33. The second kappa shape index (κ2) is 13.7. The maximum absolute atomic E-state index is 13.3. The van der Waals surface area contributed by atoms with Crippen LogP contribution in [0.3, 0.4) is 0 Å². The van der Waals surface area contributed by atoms with Gasteiger partial charge in [0.25, 0.3) is 5.91 Å². The maximum atomic E-state index is 13.3. The summed E-state index contributed by atoms with van der Waals surface area (Å²) >= 11 is 0. The van der Waals surface area contributed by atoms with Gasteiger partial charge in [0, 0.05) is 50.7 Å². The van der Waals surface area contributed by atoms with Gasteiger partial charge in [0.15, 0.2) is 0 Å². The molecule has 2 amide bonds. The van der Waals surface area contributed by atoms with E-state index in [-0.39, 0.29) is 17.9 Å². The maximum Gasteiger partial charge on any atom is 0.490 e. The second-order valence-electron chi connectivity index (χ2n) is 8.52. The topological polar surface area (TPSA) is 114 Å². The van der Waals surface area contributed by atoms with Crippen LogP contribution in [0.25, 0.3) is 0 Å². The van der Waals surface area contributed by atoms with Crippen molar-refractivity contribution in [3.63, 3.8) is 0 Å². The van der Waals surface area contributed by atoms with E-state index in [1.54, 1.807) is 24.3 Å². The average Bonchev–Trinajstić information content (AvgIpc) is 3.14. The third-order valence-corrected chi connectivity index (χ3v) is 6.07. The van der Waals surface area contributed by atoms with E-state index in [0.717, 1.165) is 51.9 Å². The number of carbonyl (C=O) groups is 3. The minimum Gasteiger partial charge on any atom is -0.475 e. The zero-order valence-electron chi connectivity index (χ0n) is 19.5. The van der Waals surface area contributed by atoms with Crippen molar-refractivity contribution in [1.29, 1.82) is 5.26 Å². The average molecular weight is 497 g/mol. The number of amides is 2. The Morgan fingerprint density at radius 2 is 1.60 bits per heavy atom. The van der Waals surface area contributed by atoms with E-state index >= 15 is 0 Å². The van der Waals surface area contributed by atoms with Crippen LogP contribution in [0.1, 0.15) is 60.9 Å². The van der Waals surface area contributed by atoms with Crippen molar-refractivity contribution in [1.82, 2.24) is 15.1 Å². The summed E-state index contributed by atoms with van der Waals surface area (Å²) in [6.45, 7) is 3.62. The Morgan fingerprint density at radius 1 is 1.06 bits per heavy atom. The van der Waals surface area contributed by atoms with E-state index in [9.17, 15) is 22.8 Å². The van der Waals surface area contributed by atoms with E-state index in [2.05, 4.69) is 11.4 Å². The van der Waals surface area contributed by atoms with Crippen molar-refractivity contribution < 1.29 is 32.7 Å². The van der Waals surface area contributed by atoms with E-state index in [4.69, 9.17) is 15.2 Å². The summed E-state index contributed by atoms with van der Waals surface area (Å²) in [5.74, 6) is -2.65. The number of carboxylic acids is 1. The monoisotopic (exact) mass is 496 g/mol. The predicted molar refractivity (Wildman–Crippen MR) is 121 cm³/mol. The number of nitrogens with one attached hydrogen (secondary N) is 1. The summed E-state index contributed by atoms with van der Waals surface area (Å²) < 4.78 is 31.7. The first-order valence-corrected chi connectivity index (χ1v) is 11.7. The van der Waals surface area contributed by atoms with Crippen LogP contribution >= 0.6 is 0 Å². The number of nitriles is 1. The largest absolute Gasteiger partial charge is 0.490 e. The molecule has 1 aliphatic carbocycles. The summed E-state index contributed by atoms with van der Waals surface area (Å²) in [5, 5.41) is 19.4. The molecule has 8 nitrogen and oxygen atoms in total. The molecule has 1 saturated carbocycles. The summed E-state index contributed by atoms with van der Waals surface area (Å²) in [4.78, 5) is 38.6. The Morgan fingerprint density at radius 3 is 2.09 bits per heavy atom. The molecule has 1 aromatic rings. The highest BCUT2D eigenvalue weighted by molar-refractivity contribution is 5.94. The normalized spacial score (nSPS) is 16.8. The molecule has 1 aliphatic heterocycles. The molecule has 1 saturated heterocycles. The molecule has 0 atom stereocenters. The molecule has 1 heterocycles. The van der Waals surface area contributed by atoms with Gasteiger partial charge in [0.2, 0.25) is 5.91 Å². The Bertz CT molecular complexity index is 886. The summed E-state index contributed by atoms with van der Waals surface area (Å²) in [6.07, 6.45) is 2.00. The number of rotatable bonds is 5. The van der Waals surface area contributed by atoms with Crippen LogP contribution in [0, 0.1) is 11.3 Å². The van der Waals surface area contributed by atoms with Crippen LogP contribution in [0.2, 0.25) is 0 Å². The summed E-state index contributed by atoms with van der Waals surface area (Å²) in [5.41, 5.74) is 1.14. The molecule has 2 fully saturated rings. The van der Waals surface area contributed by atoms with Crippen LogP contribution in [0.4, 0.5) is 13.2 Å². The molecule has 0 radical (unpaired) electrons. The van der Waals surface area contributed by atoms with Gasteiger partial charge in [-0.3, -0.25) is 9.59 Å². The van der Waals surface area contributed by atoms with Crippen molar-refractivity contribution >= 4 is 17.8 Å². The zero-order valence-corrected chi connectivity index (χ0v) is 19.5. The smallest absolute Gasteiger partial charge is 0.475 e. The molecule has 11 heteroatoms. The molecule has 3 rings (SSSR count). The van der Waals surface area contributed by atoms with Gasteiger partial charge in [-0.2, -0.15) is 18.4 Å². The van der Waals surface area contributed by atoms with Gasteiger partial charge in [-0.05, 0) is 37.1 Å². The quantitative estimate of drug-likeness (QED) is 0.606. The van der Waals surface area contributed by atoms with E-state index < -0.39 is 12.1 Å². The van der Waals surface area contributed by atoms with Gasteiger partial charge in [-0.25, -0.2) is 4.79 Å². The molecule has 0 spiro atoms. The second-order valence-corrected chi connectivity index (χ2v) is 8.52. The van der Waals surface area contributed by atoms with Gasteiger partial charge in [-0.15, -0.1) is 0 Å². The molecule has 0 unspecified atom stereocenters. The lowest BCUT2D eigenvalue weighted by molar-refractivity contribution is -0.192. The predicted octanol–water partition coefficient (Wildman–Crippen LogP) is 3.18. The summed E-state index contributed by atoms with van der Waals surface area (Å²) in [6, 6.07) is 9.11. The van der Waals surface area contributed by atoms with E-state index in [1.165, 1.54) is 12.8 Å². The molecule has 35 heavy (non-hydrogen) atoms. The summed E-state index contributed by atoms with van der Waals surface area (Å²) in [7, 11) is 0. The lowest BCUT2D eigenvalue weighted by Crippen LogP contribution is -2.48. The van der Waals surface area contributed by atoms with Crippen LogP contribution < -0.4 is 5.32 Å². The molecule has 2 N–H and O–H groups in total. The molecular weight excluding hydrogens is 465 g/mol. The van der Waals surface area contributed by atoms with Crippen molar-refractivity contribution in [2.24, 2.45) is 0 Å². The fourth-order valence-electron chi connectivity index (χ4n) is 4.16. The van der Waals surface area contributed by atoms with Crippen LogP contribution in [-0.2, 0) is 9.59 Å². The van der Waals surface area contributed by atoms with Crippen molar-refractivity contribution in [2.75, 3.05) is 32.7 Å². The fraction of sp³-hybridized carbons (Fsp3) is 0.583. The van der Waals surface area contributed by atoms with Crippen molar-refractivity contribution in [3.8, 4) is 6.07 Å². The number of hydrogen-bond donors (Lipinski definition) is 2. The molecule has 0 bridgehead atoms. The Balaban J connectivity index is 0.000000540. The zero-order chi connectivity index (χ0) is 25.8. The molecular formula is C24H31F3N4O4. The van der Waals surface area contributed by atoms with Crippen molar-refractivity contribution in [3.05, 3.63) is 35.4 Å². The van der Waals surface area contributed by atoms with Gasteiger partial charge < -0.3 is 20.2 Å². The molecule has 0 aromatic heterocycles. The number of aliphatic carboxylic acids is 1. The number of carboxylic acid groups (broad SMARTS) is 1. The van der Waals surface area contributed by atoms with E-state index in [0.29, 0.717) is 24.1 Å². The van der Waals surface area contributed by atoms with Gasteiger partial charge in [0.05, 0.1) is 11.6 Å².